The molecular weight excluding hydrogens is 309 g/mol. The molecule has 0 saturated carbocycles. The number of amides is 3. The third-order valence-corrected chi connectivity index (χ3v) is 4.43. The Bertz CT molecular complexity index is 569. The van der Waals surface area contributed by atoms with Gasteiger partial charge in [-0.25, -0.2) is 9.18 Å². The molecule has 0 aliphatic carbocycles. The van der Waals surface area contributed by atoms with Crippen molar-refractivity contribution in [3.63, 3.8) is 0 Å². The Hall–Kier alpha value is -2.11. The molecule has 6 heteroatoms. The molecule has 0 radical (unpaired) electrons. The fraction of sp³-hybridized carbons (Fsp3) is 0.556. The van der Waals surface area contributed by atoms with Gasteiger partial charge in [-0.2, -0.15) is 0 Å². The largest absolute Gasteiger partial charge is 0.349 e. The molecule has 0 atom stereocenters. The molecule has 0 bridgehead atoms. The van der Waals surface area contributed by atoms with Crippen LogP contribution < -0.4 is 5.32 Å². The van der Waals surface area contributed by atoms with E-state index in [2.05, 4.69) is 5.32 Å². The van der Waals surface area contributed by atoms with Crippen LogP contribution in [0.1, 0.15) is 24.8 Å². The van der Waals surface area contributed by atoms with Crippen molar-refractivity contribution in [1.82, 2.24) is 15.1 Å². The normalized spacial score (nSPS) is 15.2. The number of benzene rings is 1. The maximum Gasteiger partial charge on any atom is 0.317 e. The second-order valence-electron chi connectivity index (χ2n) is 6.53. The van der Waals surface area contributed by atoms with Crippen LogP contribution in [0.4, 0.5) is 9.18 Å². The molecule has 1 aromatic rings. The van der Waals surface area contributed by atoms with Crippen LogP contribution in [0.3, 0.4) is 0 Å². The lowest BCUT2D eigenvalue weighted by molar-refractivity contribution is -0.128. The van der Waals surface area contributed by atoms with Gasteiger partial charge in [0.2, 0.25) is 5.91 Å². The Kier molecular flexibility index (Phi) is 6.58. The number of likely N-dealkylation sites (tertiary alicyclic amines) is 1. The molecule has 5 nitrogen and oxygen atoms in total. The van der Waals surface area contributed by atoms with Crippen molar-refractivity contribution in [3.05, 3.63) is 35.6 Å². The standard InChI is InChI=1S/C18H26FN3O2/c1-21(2)17(23)6-9-20-18(24)22-10-7-14(8-11-22)12-15-4-3-5-16(19)13-15/h3-5,13-14H,6-12H2,1-2H3,(H,20,24). The first kappa shape index (κ1) is 18.2. The number of urea groups is 1. The van der Waals surface area contributed by atoms with E-state index < -0.39 is 0 Å². The number of hydrogen-bond donors (Lipinski definition) is 1. The van der Waals surface area contributed by atoms with Crippen LogP contribution in [0.5, 0.6) is 0 Å². The number of nitrogens with one attached hydrogen (secondary N) is 1. The lowest BCUT2D eigenvalue weighted by Gasteiger charge is -2.32. The van der Waals surface area contributed by atoms with Gasteiger partial charge in [-0.05, 0) is 42.9 Å². The predicted octanol–water partition coefficient (Wildman–Crippen LogP) is 2.27. The van der Waals surface area contributed by atoms with Gasteiger partial charge in [0.05, 0.1) is 0 Å². The summed E-state index contributed by atoms with van der Waals surface area (Å²) in [5.74, 6) is 0.284. The second-order valence-corrected chi connectivity index (χ2v) is 6.53. The summed E-state index contributed by atoms with van der Waals surface area (Å²) in [4.78, 5) is 26.9. The number of hydrogen-bond acceptors (Lipinski definition) is 2. The molecule has 2 rings (SSSR count). The van der Waals surface area contributed by atoms with E-state index in [0.717, 1.165) is 24.8 Å². The van der Waals surface area contributed by atoms with E-state index in [0.29, 0.717) is 32.0 Å². The molecule has 3 amide bonds. The monoisotopic (exact) mass is 335 g/mol. The molecule has 1 aromatic carbocycles. The summed E-state index contributed by atoms with van der Waals surface area (Å²) >= 11 is 0. The third-order valence-electron chi connectivity index (χ3n) is 4.43. The van der Waals surface area contributed by atoms with Crippen molar-refractivity contribution in [1.29, 1.82) is 0 Å². The first-order chi connectivity index (χ1) is 11.5. The van der Waals surface area contributed by atoms with Crippen molar-refractivity contribution in [3.8, 4) is 0 Å². The van der Waals surface area contributed by atoms with E-state index in [1.165, 1.54) is 11.0 Å². The Balaban J connectivity index is 1.70. The zero-order valence-electron chi connectivity index (χ0n) is 14.4. The first-order valence-electron chi connectivity index (χ1n) is 8.43. The van der Waals surface area contributed by atoms with Gasteiger partial charge in [0.25, 0.3) is 0 Å². The van der Waals surface area contributed by atoms with Crippen molar-refractivity contribution in [2.75, 3.05) is 33.7 Å². The van der Waals surface area contributed by atoms with Gasteiger partial charge in [-0.1, -0.05) is 12.1 Å². The summed E-state index contributed by atoms with van der Waals surface area (Å²) in [6.07, 6.45) is 3.00. The van der Waals surface area contributed by atoms with Crippen LogP contribution >= 0.6 is 0 Å². The molecule has 0 unspecified atom stereocenters. The minimum Gasteiger partial charge on any atom is -0.349 e. The molecule has 1 fully saturated rings. The topological polar surface area (TPSA) is 52.7 Å². The zero-order valence-corrected chi connectivity index (χ0v) is 14.4. The summed E-state index contributed by atoms with van der Waals surface area (Å²) in [6.45, 7) is 1.76. The Labute approximate surface area is 142 Å². The minimum absolute atomic E-state index is 0.00380. The van der Waals surface area contributed by atoms with Crippen LogP contribution in [-0.2, 0) is 11.2 Å². The molecule has 24 heavy (non-hydrogen) atoms. The number of rotatable bonds is 5. The third kappa shape index (κ3) is 5.51. The fourth-order valence-corrected chi connectivity index (χ4v) is 2.95. The van der Waals surface area contributed by atoms with Crippen LogP contribution in [0.2, 0.25) is 0 Å². The number of piperidine rings is 1. The van der Waals surface area contributed by atoms with Gasteiger partial charge in [0, 0.05) is 40.2 Å². The maximum absolute atomic E-state index is 13.2. The molecule has 1 heterocycles. The summed E-state index contributed by atoms with van der Waals surface area (Å²) in [5.41, 5.74) is 1.01. The molecule has 0 spiro atoms. The maximum atomic E-state index is 13.2. The summed E-state index contributed by atoms with van der Waals surface area (Å²) in [6, 6.07) is 6.62. The van der Waals surface area contributed by atoms with E-state index in [1.807, 2.05) is 6.07 Å². The molecular formula is C18H26FN3O2. The fourth-order valence-electron chi connectivity index (χ4n) is 2.95. The predicted molar refractivity (Wildman–Crippen MR) is 91.1 cm³/mol. The Morgan fingerprint density at radius 1 is 1.29 bits per heavy atom. The number of carbonyl (C=O) groups excluding carboxylic acids is 2. The van der Waals surface area contributed by atoms with Crippen molar-refractivity contribution < 1.29 is 14.0 Å². The molecule has 1 N–H and O–H groups in total. The Morgan fingerprint density at radius 2 is 2.00 bits per heavy atom. The first-order valence-corrected chi connectivity index (χ1v) is 8.43. The van der Waals surface area contributed by atoms with E-state index in [-0.39, 0.29) is 17.8 Å². The summed E-state index contributed by atoms with van der Waals surface area (Å²) in [5, 5.41) is 2.80. The highest BCUT2D eigenvalue weighted by Gasteiger charge is 2.23. The van der Waals surface area contributed by atoms with Gasteiger partial charge in [0.1, 0.15) is 5.82 Å². The number of carbonyl (C=O) groups is 2. The zero-order chi connectivity index (χ0) is 17.5. The van der Waals surface area contributed by atoms with Crippen LogP contribution in [0.25, 0.3) is 0 Å². The average molecular weight is 335 g/mol. The van der Waals surface area contributed by atoms with E-state index in [4.69, 9.17) is 0 Å². The van der Waals surface area contributed by atoms with Crippen molar-refractivity contribution >= 4 is 11.9 Å². The quantitative estimate of drug-likeness (QED) is 0.897. The Morgan fingerprint density at radius 3 is 2.62 bits per heavy atom. The SMILES string of the molecule is CN(C)C(=O)CCNC(=O)N1CCC(Cc2cccc(F)c2)CC1. The van der Waals surface area contributed by atoms with E-state index in [1.54, 1.807) is 31.1 Å². The van der Waals surface area contributed by atoms with E-state index in [9.17, 15) is 14.0 Å². The summed E-state index contributed by atoms with van der Waals surface area (Å²) < 4.78 is 13.2. The molecule has 132 valence electrons. The highest BCUT2D eigenvalue weighted by molar-refractivity contribution is 5.78. The van der Waals surface area contributed by atoms with Gasteiger partial charge < -0.3 is 15.1 Å². The molecule has 1 saturated heterocycles. The van der Waals surface area contributed by atoms with Crippen molar-refractivity contribution in [2.45, 2.75) is 25.7 Å². The van der Waals surface area contributed by atoms with E-state index >= 15 is 0 Å². The number of halogens is 1. The minimum atomic E-state index is -0.198. The van der Waals surface area contributed by atoms with Gasteiger partial charge in [-0.3, -0.25) is 4.79 Å². The van der Waals surface area contributed by atoms with Gasteiger partial charge >= 0.3 is 6.03 Å². The van der Waals surface area contributed by atoms with Crippen LogP contribution in [0.15, 0.2) is 24.3 Å². The van der Waals surface area contributed by atoms with Crippen LogP contribution in [-0.4, -0.2) is 55.5 Å². The van der Waals surface area contributed by atoms with Gasteiger partial charge in [-0.15, -0.1) is 0 Å². The smallest absolute Gasteiger partial charge is 0.317 e. The molecule has 1 aliphatic heterocycles. The molecule has 0 aromatic heterocycles. The second kappa shape index (κ2) is 8.66. The van der Waals surface area contributed by atoms with Gasteiger partial charge in [0.15, 0.2) is 0 Å². The lowest BCUT2D eigenvalue weighted by Crippen LogP contribution is -2.45. The van der Waals surface area contributed by atoms with Crippen molar-refractivity contribution in [2.24, 2.45) is 5.92 Å². The highest BCUT2D eigenvalue weighted by Crippen LogP contribution is 2.22. The molecule has 1 aliphatic rings. The lowest BCUT2D eigenvalue weighted by atomic mass is 9.90. The van der Waals surface area contributed by atoms with Crippen LogP contribution in [0, 0.1) is 11.7 Å². The highest BCUT2D eigenvalue weighted by atomic mass is 19.1. The number of nitrogens with zero attached hydrogens (tertiary/aromatic N) is 2. The summed E-state index contributed by atoms with van der Waals surface area (Å²) in [7, 11) is 3.40. The average Bonchev–Trinajstić information content (AvgIpc) is 2.55.